The summed E-state index contributed by atoms with van der Waals surface area (Å²) < 4.78 is 0. The standard InChI is InChI=1S/C22H31N7O2/c1-13-19(25-12-17(23)22(30)31)26-14(2)27-21(13)29-10-7-15(8-11-29)18-6-5-16-4-3-9-24-20(16)28-18/h5-6,15,17H,3-4,7-12,23H2,1-2H3,(H,24,28)(H,30,31)(H,25,26,27). The number of pyridine rings is 1. The molecule has 0 aromatic carbocycles. The minimum atomic E-state index is -1.04. The zero-order valence-electron chi connectivity index (χ0n) is 18.2. The molecular weight excluding hydrogens is 394 g/mol. The molecule has 2 aromatic rings. The SMILES string of the molecule is Cc1nc(NCC(N)C(=O)O)c(C)c(N2CCC(c3ccc4c(n3)NCCC4)CC2)n1. The summed E-state index contributed by atoms with van der Waals surface area (Å²) in [6.45, 7) is 6.72. The molecule has 31 heavy (non-hydrogen) atoms. The van der Waals surface area contributed by atoms with Crippen LogP contribution in [0.3, 0.4) is 0 Å². The van der Waals surface area contributed by atoms with Gasteiger partial charge in [0.2, 0.25) is 0 Å². The zero-order valence-corrected chi connectivity index (χ0v) is 18.2. The van der Waals surface area contributed by atoms with Gasteiger partial charge in [-0.05, 0) is 51.2 Å². The summed E-state index contributed by atoms with van der Waals surface area (Å²) in [5, 5.41) is 15.5. The van der Waals surface area contributed by atoms with Crippen molar-refractivity contribution in [3.63, 3.8) is 0 Å². The maximum atomic E-state index is 11.0. The molecule has 0 bridgehead atoms. The van der Waals surface area contributed by atoms with Gasteiger partial charge < -0.3 is 26.4 Å². The molecule has 4 heterocycles. The molecule has 0 radical (unpaired) electrons. The number of hydrogen-bond donors (Lipinski definition) is 4. The van der Waals surface area contributed by atoms with Crippen molar-refractivity contribution >= 4 is 23.4 Å². The first-order valence-electron chi connectivity index (χ1n) is 11.0. The summed E-state index contributed by atoms with van der Waals surface area (Å²) in [5.41, 5.74) is 9.03. The fraction of sp³-hybridized carbons (Fsp3) is 0.545. The molecule has 1 saturated heterocycles. The maximum Gasteiger partial charge on any atom is 0.322 e. The summed E-state index contributed by atoms with van der Waals surface area (Å²) in [6.07, 6.45) is 4.30. The van der Waals surface area contributed by atoms with Gasteiger partial charge in [0.15, 0.2) is 0 Å². The second-order valence-corrected chi connectivity index (χ2v) is 8.43. The number of carboxylic acid groups (broad SMARTS) is 1. The fourth-order valence-corrected chi connectivity index (χ4v) is 4.35. The maximum absolute atomic E-state index is 11.0. The predicted octanol–water partition coefficient (Wildman–Crippen LogP) is 2.05. The lowest BCUT2D eigenvalue weighted by Gasteiger charge is -2.34. The van der Waals surface area contributed by atoms with E-state index < -0.39 is 12.0 Å². The summed E-state index contributed by atoms with van der Waals surface area (Å²) in [7, 11) is 0. The lowest BCUT2D eigenvalue weighted by molar-refractivity contribution is -0.138. The summed E-state index contributed by atoms with van der Waals surface area (Å²) in [5.74, 6) is 2.66. The van der Waals surface area contributed by atoms with E-state index in [0.29, 0.717) is 17.6 Å². The molecule has 166 valence electrons. The van der Waals surface area contributed by atoms with Crippen LogP contribution in [0.25, 0.3) is 0 Å². The van der Waals surface area contributed by atoms with Crippen LogP contribution >= 0.6 is 0 Å². The Balaban J connectivity index is 1.44. The lowest BCUT2D eigenvalue weighted by atomic mass is 9.92. The largest absolute Gasteiger partial charge is 0.480 e. The van der Waals surface area contributed by atoms with Gasteiger partial charge in [0.05, 0.1) is 0 Å². The third kappa shape index (κ3) is 4.71. The van der Waals surface area contributed by atoms with Gasteiger partial charge in [-0.15, -0.1) is 0 Å². The number of carboxylic acids is 1. The van der Waals surface area contributed by atoms with Gasteiger partial charge in [0.25, 0.3) is 0 Å². The van der Waals surface area contributed by atoms with Gasteiger partial charge in [-0.1, -0.05) is 6.07 Å². The number of nitrogens with two attached hydrogens (primary N) is 1. The van der Waals surface area contributed by atoms with Gasteiger partial charge in [-0.3, -0.25) is 4.79 Å². The van der Waals surface area contributed by atoms with Crippen molar-refractivity contribution in [3.8, 4) is 0 Å². The van der Waals surface area contributed by atoms with Crippen LogP contribution in [0.1, 0.15) is 47.8 Å². The van der Waals surface area contributed by atoms with Gasteiger partial charge in [-0.25, -0.2) is 15.0 Å². The van der Waals surface area contributed by atoms with Gasteiger partial charge in [-0.2, -0.15) is 0 Å². The Morgan fingerprint density at radius 2 is 2.06 bits per heavy atom. The first-order valence-corrected chi connectivity index (χ1v) is 11.0. The molecule has 9 nitrogen and oxygen atoms in total. The van der Waals surface area contributed by atoms with E-state index in [4.69, 9.17) is 15.8 Å². The van der Waals surface area contributed by atoms with Crippen molar-refractivity contribution in [3.05, 3.63) is 34.8 Å². The molecule has 0 spiro atoms. The molecule has 1 atom stereocenters. The lowest BCUT2D eigenvalue weighted by Crippen LogP contribution is -2.37. The normalized spacial score (nSPS) is 17.6. The van der Waals surface area contributed by atoms with Gasteiger partial charge in [0.1, 0.15) is 29.3 Å². The number of rotatable bonds is 6. The van der Waals surface area contributed by atoms with Crippen LogP contribution in [0, 0.1) is 13.8 Å². The minimum Gasteiger partial charge on any atom is -0.480 e. The number of nitrogens with one attached hydrogen (secondary N) is 2. The Kier molecular flexibility index (Phi) is 6.22. The molecule has 0 saturated carbocycles. The highest BCUT2D eigenvalue weighted by atomic mass is 16.4. The van der Waals surface area contributed by atoms with Crippen LogP contribution in [0.4, 0.5) is 17.5 Å². The van der Waals surface area contributed by atoms with Crippen molar-refractivity contribution < 1.29 is 9.90 Å². The average Bonchev–Trinajstić information content (AvgIpc) is 2.79. The number of nitrogens with zero attached hydrogens (tertiary/aromatic N) is 4. The molecule has 2 aromatic heterocycles. The molecule has 1 unspecified atom stereocenters. The second-order valence-electron chi connectivity index (χ2n) is 8.43. The smallest absolute Gasteiger partial charge is 0.322 e. The minimum absolute atomic E-state index is 0.117. The molecule has 1 fully saturated rings. The Hall–Kier alpha value is -2.94. The van der Waals surface area contributed by atoms with E-state index in [1.54, 1.807) is 0 Å². The van der Waals surface area contributed by atoms with E-state index >= 15 is 0 Å². The topological polar surface area (TPSA) is 129 Å². The quantitative estimate of drug-likeness (QED) is 0.549. The number of carbonyl (C=O) groups is 1. The molecule has 5 N–H and O–H groups in total. The Morgan fingerprint density at radius 1 is 1.29 bits per heavy atom. The second kappa shape index (κ2) is 9.05. The molecular formula is C22H31N7O2. The number of aryl methyl sites for hydroxylation is 2. The Bertz CT molecular complexity index is 957. The molecule has 9 heteroatoms. The summed E-state index contributed by atoms with van der Waals surface area (Å²) in [4.78, 5) is 27.3. The van der Waals surface area contributed by atoms with E-state index in [1.807, 2.05) is 13.8 Å². The van der Waals surface area contributed by atoms with E-state index in [2.05, 4.69) is 37.6 Å². The van der Waals surface area contributed by atoms with Crippen molar-refractivity contribution in [2.45, 2.75) is 51.5 Å². The first-order chi connectivity index (χ1) is 14.9. The molecule has 0 aliphatic carbocycles. The van der Waals surface area contributed by atoms with E-state index in [1.165, 1.54) is 17.7 Å². The van der Waals surface area contributed by atoms with Crippen molar-refractivity contribution in [2.24, 2.45) is 5.73 Å². The molecule has 2 aliphatic rings. The molecule has 4 rings (SSSR count). The van der Waals surface area contributed by atoms with Crippen molar-refractivity contribution in [2.75, 3.05) is 41.7 Å². The first kappa shape index (κ1) is 21.3. The van der Waals surface area contributed by atoms with E-state index in [-0.39, 0.29) is 6.54 Å². The molecule has 0 amide bonds. The Morgan fingerprint density at radius 3 is 2.81 bits per heavy atom. The number of aliphatic carboxylic acids is 1. The highest BCUT2D eigenvalue weighted by Crippen LogP contribution is 2.33. The highest BCUT2D eigenvalue weighted by Gasteiger charge is 2.25. The number of piperidine rings is 1. The summed E-state index contributed by atoms with van der Waals surface area (Å²) in [6, 6.07) is 3.45. The molecule has 2 aliphatic heterocycles. The number of fused-ring (bicyclic) bond motifs is 1. The predicted molar refractivity (Wildman–Crippen MR) is 121 cm³/mol. The van der Waals surface area contributed by atoms with Crippen molar-refractivity contribution in [1.29, 1.82) is 0 Å². The number of anilines is 3. The van der Waals surface area contributed by atoms with Gasteiger partial charge >= 0.3 is 5.97 Å². The van der Waals surface area contributed by atoms with Crippen LogP contribution < -0.4 is 21.3 Å². The van der Waals surface area contributed by atoms with E-state index in [0.717, 1.165) is 56.1 Å². The van der Waals surface area contributed by atoms with Crippen LogP contribution in [0.5, 0.6) is 0 Å². The van der Waals surface area contributed by atoms with E-state index in [9.17, 15) is 4.79 Å². The summed E-state index contributed by atoms with van der Waals surface area (Å²) >= 11 is 0. The monoisotopic (exact) mass is 425 g/mol. The van der Waals surface area contributed by atoms with Crippen LogP contribution in [0.15, 0.2) is 12.1 Å². The average molecular weight is 426 g/mol. The number of aromatic nitrogens is 3. The van der Waals surface area contributed by atoms with Crippen LogP contribution in [0.2, 0.25) is 0 Å². The van der Waals surface area contributed by atoms with Crippen LogP contribution in [-0.4, -0.2) is 58.2 Å². The highest BCUT2D eigenvalue weighted by molar-refractivity contribution is 5.74. The number of hydrogen-bond acceptors (Lipinski definition) is 8. The fourth-order valence-electron chi connectivity index (χ4n) is 4.35. The Labute approximate surface area is 182 Å². The van der Waals surface area contributed by atoms with Gasteiger partial charge in [0, 0.05) is 43.4 Å². The van der Waals surface area contributed by atoms with Crippen molar-refractivity contribution in [1.82, 2.24) is 15.0 Å². The third-order valence-corrected chi connectivity index (χ3v) is 6.17. The third-order valence-electron chi connectivity index (χ3n) is 6.17. The zero-order chi connectivity index (χ0) is 22.0. The van der Waals surface area contributed by atoms with Crippen LogP contribution in [-0.2, 0) is 11.2 Å².